The van der Waals surface area contributed by atoms with E-state index in [-0.39, 0.29) is 12.5 Å². The van der Waals surface area contributed by atoms with E-state index < -0.39 is 6.10 Å². The van der Waals surface area contributed by atoms with Gasteiger partial charge in [0.1, 0.15) is 12.4 Å². The van der Waals surface area contributed by atoms with E-state index in [0.717, 1.165) is 11.3 Å². The molecule has 0 saturated carbocycles. The van der Waals surface area contributed by atoms with Crippen molar-refractivity contribution in [1.29, 1.82) is 0 Å². The molecule has 1 N–H and O–H groups in total. The first-order valence-electron chi connectivity index (χ1n) is 7.64. The normalized spacial score (nSPS) is 15.8. The van der Waals surface area contributed by atoms with Crippen molar-refractivity contribution in [3.8, 4) is 17.2 Å². The van der Waals surface area contributed by atoms with Gasteiger partial charge >= 0.3 is 0 Å². The van der Waals surface area contributed by atoms with Crippen LogP contribution in [0.3, 0.4) is 0 Å². The number of amides is 1. The second kappa shape index (κ2) is 7.05. The van der Waals surface area contributed by atoms with Gasteiger partial charge in [0.05, 0.1) is 6.61 Å². The van der Waals surface area contributed by atoms with Crippen molar-refractivity contribution in [3.63, 3.8) is 0 Å². The van der Waals surface area contributed by atoms with Crippen LogP contribution in [0, 0.1) is 0 Å². The van der Waals surface area contributed by atoms with E-state index in [4.69, 9.17) is 14.2 Å². The standard InChI is InChI=1S/C18H19NO4/c1-2-21-14-9-7-13(8-10-14)11-19-18(20)17-12-22-15-5-3-4-6-16(15)23-17/h3-10,17H,2,11-12H2,1H3,(H,19,20). The Bertz CT molecular complexity index is 669. The minimum absolute atomic E-state index is 0.187. The predicted octanol–water partition coefficient (Wildman–Crippen LogP) is 2.54. The van der Waals surface area contributed by atoms with Crippen molar-refractivity contribution in [1.82, 2.24) is 5.32 Å². The number of hydrogen-bond donors (Lipinski definition) is 1. The van der Waals surface area contributed by atoms with Gasteiger partial charge in [-0.2, -0.15) is 0 Å². The number of para-hydroxylation sites is 2. The molecule has 2 aromatic carbocycles. The lowest BCUT2D eigenvalue weighted by molar-refractivity contribution is -0.130. The topological polar surface area (TPSA) is 56.8 Å². The predicted molar refractivity (Wildman–Crippen MR) is 85.8 cm³/mol. The smallest absolute Gasteiger partial charge is 0.264 e. The minimum Gasteiger partial charge on any atom is -0.494 e. The number of carbonyl (C=O) groups excluding carboxylic acids is 1. The summed E-state index contributed by atoms with van der Waals surface area (Å²) in [5.41, 5.74) is 0.999. The Morgan fingerprint density at radius 2 is 1.91 bits per heavy atom. The Kier molecular flexibility index (Phi) is 4.66. The maximum absolute atomic E-state index is 12.2. The first-order valence-corrected chi connectivity index (χ1v) is 7.64. The number of carbonyl (C=O) groups is 1. The molecule has 0 fully saturated rings. The fourth-order valence-electron chi connectivity index (χ4n) is 2.32. The molecule has 0 aromatic heterocycles. The third-order valence-electron chi connectivity index (χ3n) is 3.50. The van der Waals surface area contributed by atoms with Gasteiger partial charge < -0.3 is 19.5 Å². The highest BCUT2D eigenvalue weighted by atomic mass is 16.6. The fourth-order valence-corrected chi connectivity index (χ4v) is 2.32. The zero-order valence-electron chi connectivity index (χ0n) is 13.0. The summed E-state index contributed by atoms with van der Waals surface area (Å²) in [5.74, 6) is 1.90. The van der Waals surface area contributed by atoms with Crippen molar-refractivity contribution in [3.05, 3.63) is 54.1 Å². The second-order valence-electron chi connectivity index (χ2n) is 5.16. The molecule has 120 valence electrons. The van der Waals surface area contributed by atoms with Crippen LogP contribution in [0.1, 0.15) is 12.5 Å². The Morgan fingerprint density at radius 3 is 2.65 bits per heavy atom. The van der Waals surface area contributed by atoms with Crippen LogP contribution in [-0.4, -0.2) is 25.2 Å². The van der Waals surface area contributed by atoms with Gasteiger partial charge in [-0.3, -0.25) is 4.79 Å². The van der Waals surface area contributed by atoms with Gasteiger partial charge in [-0.15, -0.1) is 0 Å². The van der Waals surface area contributed by atoms with E-state index in [0.29, 0.717) is 24.7 Å². The van der Waals surface area contributed by atoms with Gasteiger partial charge in [-0.05, 0) is 36.8 Å². The van der Waals surface area contributed by atoms with Crippen LogP contribution in [0.15, 0.2) is 48.5 Å². The minimum atomic E-state index is -0.632. The number of ether oxygens (including phenoxy) is 3. The third kappa shape index (κ3) is 3.74. The maximum atomic E-state index is 12.2. The zero-order valence-corrected chi connectivity index (χ0v) is 13.0. The highest BCUT2D eigenvalue weighted by Gasteiger charge is 2.26. The van der Waals surface area contributed by atoms with Crippen molar-refractivity contribution >= 4 is 5.91 Å². The SMILES string of the molecule is CCOc1ccc(CNC(=O)C2COc3ccccc3O2)cc1. The van der Waals surface area contributed by atoms with Crippen molar-refractivity contribution in [2.75, 3.05) is 13.2 Å². The monoisotopic (exact) mass is 313 g/mol. The molecule has 1 amide bonds. The molecule has 1 aliphatic heterocycles. The molecule has 5 heteroatoms. The summed E-state index contributed by atoms with van der Waals surface area (Å²) in [7, 11) is 0. The fraction of sp³-hybridized carbons (Fsp3) is 0.278. The molecule has 0 bridgehead atoms. The van der Waals surface area contributed by atoms with Crippen molar-refractivity contribution in [2.45, 2.75) is 19.6 Å². The molecule has 1 aliphatic rings. The highest BCUT2D eigenvalue weighted by Crippen LogP contribution is 2.30. The summed E-state index contributed by atoms with van der Waals surface area (Å²) in [4.78, 5) is 12.2. The quantitative estimate of drug-likeness (QED) is 0.921. The van der Waals surface area contributed by atoms with Crippen LogP contribution in [0.5, 0.6) is 17.2 Å². The van der Waals surface area contributed by atoms with Crippen LogP contribution in [0.4, 0.5) is 0 Å². The lowest BCUT2D eigenvalue weighted by Crippen LogP contribution is -2.43. The molecule has 5 nitrogen and oxygen atoms in total. The lowest BCUT2D eigenvalue weighted by Gasteiger charge is -2.25. The first-order chi connectivity index (χ1) is 11.3. The third-order valence-corrected chi connectivity index (χ3v) is 3.50. The molecule has 3 rings (SSSR count). The van der Waals surface area contributed by atoms with Gasteiger partial charge in [0.25, 0.3) is 5.91 Å². The van der Waals surface area contributed by atoms with E-state index in [1.54, 1.807) is 6.07 Å². The maximum Gasteiger partial charge on any atom is 0.264 e. The first kappa shape index (κ1) is 15.2. The molecular formula is C18H19NO4. The summed E-state index contributed by atoms with van der Waals surface area (Å²) in [5, 5.41) is 2.87. The van der Waals surface area contributed by atoms with Crippen LogP contribution in [-0.2, 0) is 11.3 Å². The van der Waals surface area contributed by atoms with Crippen molar-refractivity contribution < 1.29 is 19.0 Å². The molecule has 1 unspecified atom stereocenters. The van der Waals surface area contributed by atoms with E-state index in [1.165, 1.54) is 0 Å². The van der Waals surface area contributed by atoms with Gasteiger partial charge in [-0.25, -0.2) is 0 Å². The summed E-state index contributed by atoms with van der Waals surface area (Å²) < 4.78 is 16.6. The lowest BCUT2D eigenvalue weighted by atomic mass is 10.2. The summed E-state index contributed by atoms with van der Waals surface area (Å²) >= 11 is 0. The van der Waals surface area contributed by atoms with Gasteiger partial charge in [0, 0.05) is 6.54 Å². The van der Waals surface area contributed by atoms with Gasteiger partial charge in [0.2, 0.25) is 6.10 Å². The van der Waals surface area contributed by atoms with Gasteiger partial charge in [0.15, 0.2) is 11.5 Å². The Labute approximate surface area is 135 Å². The number of rotatable bonds is 5. The molecule has 1 heterocycles. The average Bonchev–Trinajstić information content (AvgIpc) is 2.60. The molecule has 0 spiro atoms. The van der Waals surface area contributed by atoms with Gasteiger partial charge in [-0.1, -0.05) is 24.3 Å². The van der Waals surface area contributed by atoms with Crippen molar-refractivity contribution in [2.24, 2.45) is 0 Å². The van der Waals surface area contributed by atoms with E-state index in [9.17, 15) is 4.79 Å². The number of benzene rings is 2. The Balaban J connectivity index is 1.54. The highest BCUT2D eigenvalue weighted by molar-refractivity contribution is 5.81. The largest absolute Gasteiger partial charge is 0.494 e. The Hall–Kier alpha value is -2.69. The number of hydrogen-bond acceptors (Lipinski definition) is 4. The second-order valence-corrected chi connectivity index (χ2v) is 5.16. The number of nitrogens with one attached hydrogen (secondary N) is 1. The zero-order chi connectivity index (χ0) is 16.1. The molecule has 1 atom stereocenters. The Morgan fingerprint density at radius 1 is 1.17 bits per heavy atom. The summed E-state index contributed by atoms with van der Waals surface area (Å²) in [6, 6.07) is 15.0. The molecule has 0 aliphatic carbocycles. The molecule has 0 radical (unpaired) electrons. The molecule has 23 heavy (non-hydrogen) atoms. The van der Waals surface area contributed by atoms with Crippen LogP contribution >= 0.6 is 0 Å². The average molecular weight is 313 g/mol. The molecular weight excluding hydrogens is 294 g/mol. The summed E-state index contributed by atoms with van der Waals surface area (Å²) in [6.45, 7) is 3.23. The van der Waals surface area contributed by atoms with Crippen LogP contribution < -0.4 is 19.5 Å². The van der Waals surface area contributed by atoms with E-state index in [1.807, 2.05) is 49.4 Å². The van der Waals surface area contributed by atoms with Crippen LogP contribution in [0.2, 0.25) is 0 Å². The molecule has 0 saturated heterocycles. The van der Waals surface area contributed by atoms with E-state index >= 15 is 0 Å². The number of fused-ring (bicyclic) bond motifs is 1. The summed E-state index contributed by atoms with van der Waals surface area (Å²) in [6.07, 6.45) is -0.632. The molecule has 2 aromatic rings. The van der Waals surface area contributed by atoms with Crippen LogP contribution in [0.25, 0.3) is 0 Å². The van der Waals surface area contributed by atoms with E-state index in [2.05, 4.69) is 5.32 Å².